The Morgan fingerprint density at radius 3 is 2.30 bits per heavy atom. The number of nitrogens with zero attached hydrogens (tertiary/aromatic N) is 1. The van der Waals surface area contributed by atoms with E-state index in [9.17, 15) is 0 Å². The van der Waals surface area contributed by atoms with E-state index < -0.39 is 5.41 Å². The Bertz CT molecular complexity index is 2140. The molecule has 47 heavy (non-hydrogen) atoms. The molecular weight excluding hydrogens is 580 g/mol. The summed E-state index contributed by atoms with van der Waals surface area (Å²) in [5, 5.41) is 3.43. The number of fused-ring (bicyclic) bond motifs is 10. The van der Waals surface area contributed by atoms with Gasteiger partial charge in [0.15, 0.2) is 0 Å². The average molecular weight is 615 g/mol. The Morgan fingerprint density at radius 1 is 0.894 bits per heavy atom. The van der Waals surface area contributed by atoms with Crippen LogP contribution in [0.1, 0.15) is 46.2 Å². The zero-order chi connectivity index (χ0) is 32.0. The second-order valence-electron chi connectivity index (χ2n) is 12.1. The molecule has 3 aliphatic rings. The van der Waals surface area contributed by atoms with Gasteiger partial charge in [0.25, 0.3) is 0 Å². The fourth-order valence-corrected chi connectivity index (χ4v) is 7.51. The van der Waals surface area contributed by atoms with E-state index >= 15 is 0 Å². The minimum absolute atomic E-state index is 0.422. The number of ether oxygens (including phenoxy) is 1. The van der Waals surface area contributed by atoms with Gasteiger partial charge in [0, 0.05) is 30.7 Å². The largest absolute Gasteiger partial charge is 0.495 e. The standard InChI is InChI=1S/C41H34N4O2/c1-26(25-46-16-14-42)18-29(22-43)27-10-12-34-35-13-11-28(30-19-31(24-44-23-30)40-45-15-17-47-40)21-39(35)41(38(34)20-27)36-8-4-2-6-32(36)33-7-3-5-9-37(33)41/h2-23,44H,24-25,42-43H2,1H3/b16-14-,26-18+,29-22+. The maximum Gasteiger partial charge on any atom is 0.223 e. The Hall–Kier alpha value is -6.01. The summed E-state index contributed by atoms with van der Waals surface area (Å²) in [7, 11) is 0. The SMILES string of the molecule is C/C(=C\C(=C/N)c1ccc2c(c1)C1(c3ccccc3-c3ccccc31)c1cc(C3=CNCC(c4ncco4)=C3)ccc1-2)CO/C=C\N. The van der Waals surface area contributed by atoms with Crippen LogP contribution in [0.4, 0.5) is 0 Å². The number of nitrogens with one attached hydrogen (secondary N) is 1. The topological polar surface area (TPSA) is 99.3 Å². The summed E-state index contributed by atoms with van der Waals surface area (Å²) in [6.45, 7) is 3.11. The summed E-state index contributed by atoms with van der Waals surface area (Å²) in [4.78, 5) is 4.39. The molecule has 0 fully saturated rings. The van der Waals surface area contributed by atoms with Crippen molar-refractivity contribution in [2.24, 2.45) is 11.5 Å². The minimum Gasteiger partial charge on any atom is -0.495 e. The molecule has 1 aromatic heterocycles. The van der Waals surface area contributed by atoms with Crippen LogP contribution in [-0.2, 0) is 10.2 Å². The summed E-state index contributed by atoms with van der Waals surface area (Å²) in [6, 6.07) is 31.3. The molecule has 2 heterocycles. The van der Waals surface area contributed by atoms with Crippen LogP contribution in [0.2, 0.25) is 0 Å². The lowest BCUT2D eigenvalue weighted by molar-refractivity contribution is 0.280. The van der Waals surface area contributed by atoms with E-state index in [-0.39, 0.29) is 0 Å². The van der Waals surface area contributed by atoms with Gasteiger partial charge in [-0.2, -0.15) is 0 Å². The van der Waals surface area contributed by atoms with Gasteiger partial charge in [-0.1, -0.05) is 78.9 Å². The normalized spacial score (nSPS) is 15.9. The first kappa shape index (κ1) is 28.5. The lowest BCUT2D eigenvalue weighted by atomic mass is 9.70. The second kappa shape index (κ2) is 11.4. The minimum atomic E-state index is -0.505. The molecule has 0 unspecified atom stereocenters. The van der Waals surface area contributed by atoms with Gasteiger partial charge in [0.2, 0.25) is 5.89 Å². The number of nitrogens with two attached hydrogens (primary N) is 2. The first-order valence-electron chi connectivity index (χ1n) is 15.7. The summed E-state index contributed by atoms with van der Waals surface area (Å²) in [5.74, 6) is 0.634. The molecule has 0 saturated heterocycles. The van der Waals surface area contributed by atoms with Crippen LogP contribution in [0, 0.1) is 0 Å². The van der Waals surface area contributed by atoms with Crippen LogP contribution in [0.5, 0.6) is 0 Å². The van der Waals surface area contributed by atoms with Crippen molar-refractivity contribution in [3.05, 3.63) is 179 Å². The first-order valence-corrected chi connectivity index (χ1v) is 15.7. The van der Waals surface area contributed by atoms with Crippen molar-refractivity contribution < 1.29 is 9.15 Å². The maximum absolute atomic E-state index is 6.27. The van der Waals surface area contributed by atoms with Gasteiger partial charge >= 0.3 is 0 Å². The second-order valence-corrected chi connectivity index (χ2v) is 12.1. The molecular formula is C41H34N4O2. The zero-order valence-electron chi connectivity index (χ0n) is 26.0. The lowest BCUT2D eigenvalue weighted by Crippen LogP contribution is -2.26. The summed E-state index contributed by atoms with van der Waals surface area (Å²) >= 11 is 0. The molecule has 8 rings (SSSR count). The lowest BCUT2D eigenvalue weighted by Gasteiger charge is -2.31. The fraction of sp³-hybridized carbons (Fsp3) is 0.0976. The van der Waals surface area contributed by atoms with Gasteiger partial charge in [0.1, 0.15) is 12.9 Å². The molecule has 0 amide bonds. The van der Waals surface area contributed by atoms with E-state index in [0.717, 1.165) is 33.4 Å². The quantitative estimate of drug-likeness (QED) is 0.126. The molecule has 6 nitrogen and oxygen atoms in total. The van der Waals surface area contributed by atoms with Crippen molar-refractivity contribution in [2.75, 3.05) is 13.2 Å². The van der Waals surface area contributed by atoms with Crippen LogP contribution < -0.4 is 16.8 Å². The monoisotopic (exact) mass is 614 g/mol. The first-order chi connectivity index (χ1) is 23.1. The third kappa shape index (κ3) is 4.44. The van der Waals surface area contributed by atoms with Crippen molar-refractivity contribution in [3.63, 3.8) is 0 Å². The zero-order valence-corrected chi connectivity index (χ0v) is 26.0. The van der Waals surface area contributed by atoms with Gasteiger partial charge in [-0.15, -0.1) is 0 Å². The molecule has 0 radical (unpaired) electrons. The molecule has 0 saturated carbocycles. The van der Waals surface area contributed by atoms with E-state index in [0.29, 0.717) is 19.0 Å². The predicted molar refractivity (Wildman–Crippen MR) is 188 cm³/mol. The Morgan fingerprint density at radius 2 is 1.60 bits per heavy atom. The van der Waals surface area contributed by atoms with Crippen molar-refractivity contribution in [3.8, 4) is 22.3 Å². The van der Waals surface area contributed by atoms with Crippen molar-refractivity contribution in [2.45, 2.75) is 12.3 Å². The third-order valence-electron chi connectivity index (χ3n) is 9.41. The number of hydrogen-bond acceptors (Lipinski definition) is 6. The van der Waals surface area contributed by atoms with Gasteiger partial charge in [-0.05, 0) is 97.5 Å². The molecule has 230 valence electrons. The molecule has 0 atom stereocenters. The molecule has 1 spiro atoms. The number of rotatable bonds is 7. The molecule has 2 aliphatic carbocycles. The molecule has 5 N–H and O–H groups in total. The van der Waals surface area contributed by atoms with E-state index in [1.807, 2.05) is 6.92 Å². The van der Waals surface area contributed by atoms with E-state index in [1.54, 1.807) is 18.7 Å². The molecule has 4 aromatic carbocycles. The Labute approximate surface area is 274 Å². The van der Waals surface area contributed by atoms with Gasteiger partial charge < -0.3 is 25.9 Å². The fourth-order valence-electron chi connectivity index (χ4n) is 7.51. The number of hydrogen-bond donors (Lipinski definition) is 3. The van der Waals surface area contributed by atoms with E-state index in [2.05, 4.69) is 114 Å². The molecule has 1 aliphatic heterocycles. The highest BCUT2D eigenvalue weighted by Crippen LogP contribution is 2.63. The van der Waals surface area contributed by atoms with Crippen LogP contribution in [0.25, 0.3) is 39.0 Å². The highest BCUT2D eigenvalue weighted by atomic mass is 16.5. The van der Waals surface area contributed by atoms with Crippen LogP contribution >= 0.6 is 0 Å². The molecule has 0 bridgehead atoms. The highest BCUT2D eigenvalue weighted by molar-refractivity contribution is 5.97. The van der Waals surface area contributed by atoms with Gasteiger partial charge in [-0.3, -0.25) is 0 Å². The van der Waals surface area contributed by atoms with Crippen LogP contribution in [-0.4, -0.2) is 18.1 Å². The Balaban J connectivity index is 1.33. The van der Waals surface area contributed by atoms with Crippen molar-refractivity contribution in [1.82, 2.24) is 10.3 Å². The Kier molecular flexibility index (Phi) is 6.91. The van der Waals surface area contributed by atoms with Crippen molar-refractivity contribution >= 4 is 16.7 Å². The van der Waals surface area contributed by atoms with Crippen LogP contribution in [0.3, 0.4) is 0 Å². The van der Waals surface area contributed by atoms with Gasteiger partial charge in [0.05, 0.1) is 17.9 Å². The van der Waals surface area contributed by atoms with Crippen LogP contribution in [0.15, 0.2) is 144 Å². The summed E-state index contributed by atoms with van der Waals surface area (Å²) in [5.41, 5.74) is 27.5. The number of benzene rings is 4. The number of allylic oxidation sites excluding steroid dienone is 4. The number of dihydropyridines is 1. The predicted octanol–water partition coefficient (Wildman–Crippen LogP) is 7.74. The van der Waals surface area contributed by atoms with Gasteiger partial charge in [-0.25, -0.2) is 4.98 Å². The summed E-state index contributed by atoms with van der Waals surface area (Å²) < 4.78 is 11.2. The van der Waals surface area contributed by atoms with E-state index in [1.165, 1.54) is 57.0 Å². The molecule has 5 aromatic rings. The average Bonchev–Trinajstić information content (AvgIpc) is 3.83. The number of oxazole rings is 1. The summed E-state index contributed by atoms with van der Waals surface area (Å²) in [6.07, 6.45) is 14.2. The maximum atomic E-state index is 6.27. The third-order valence-corrected chi connectivity index (χ3v) is 9.41. The van der Waals surface area contributed by atoms with E-state index in [4.69, 9.17) is 20.6 Å². The highest BCUT2D eigenvalue weighted by Gasteiger charge is 2.51. The molecule has 6 heteroatoms. The smallest absolute Gasteiger partial charge is 0.223 e. The number of aromatic nitrogens is 1. The van der Waals surface area contributed by atoms with Crippen molar-refractivity contribution in [1.29, 1.82) is 0 Å².